The van der Waals surface area contributed by atoms with Gasteiger partial charge in [0.15, 0.2) is 5.15 Å². The summed E-state index contributed by atoms with van der Waals surface area (Å²) in [5, 5.41) is 4.07. The second-order valence-corrected chi connectivity index (χ2v) is 6.32. The Bertz CT molecular complexity index is 887. The Labute approximate surface area is 147 Å². The predicted octanol–water partition coefficient (Wildman–Crippen LogP) is 4.41. The number of hydrogen-bond donors (Lipinski definition) is 1. The third kappa shape index (κ3) is 2.81. The number of hydrogen-bond acceptors (Lipinski definition) is 4. The van der Waals surface area contributed by atoms with E-state index in [1.54, 1.807) is 6.20 Å². The van der Waals surface area contributed by atoms with Crippen molar-refractivity contribution < 1.29 is 9.13 Å². The molecule has 24 heavy (non-hydrogen) atoms. The highest BCUT2D eigenvalue weighted by atomic mass is 35.5. The molecule has 8 heteroatoms. The van der Waals surface area contributed by atoms with Gasteiger partial charge in [-0.2, -0.15) is 4.39 Å². The topological polar surface area (TPSA) is 52.0 Å². The molecule has 0 aromatic carbocycles. The lowest BCUT2D eigenvalue weighted by atomic mass is 10.2. The van der Waals surface area contributed by atoms with Crippen LogP contribution in [-0.4, -0.2) is 27.2 Å². The van der Waals surface area contributed by atoms with Crippen molar-refractivity contribution in [3.8, 4) is 0 Å². The molecule has 1 saturated heterocycles. The molecule has 1 aliphatic heterocycles. The van der Waals surface area contributed by atoms with E-state index in [0.29, 0.717) is 11.5 Å². The molecule has 1 unspecified atom stereocenters. The zero-order valence-corrected chi connectivity index (χ0v) is 14.0. The van der Waals surface area contributed by atoms with E-state index < -0.39 is 5.95 Å². The van der Waals surface area contributed by atoms with E-state index in [-0.39, 0.29) is 16.3 Å². The van der Waals surface area contributed by atoms with Crippen LogP contribution in [-0.2, 0) is 11.3 Å². The minimum absolute atomic E-state index is 0.0406. The Morgan fingerprint density at radius 3 is 2.92 bits per heavy atom. The minimum atomic E-state index is -0.728. The van der Waals surface area contributed by atoms with Gasteiger partial charge in [0.25, 0.3) is 0 Å². The Kier molecular flexibility index (Phi) is 4.04. The maximum absolute atomic E-state index is 13.2. The van der Waals surface area contributed by atoms with Gasteiger partial charge in [-0.15, -0.1) is 0 Å². The van der Waals surface area contributed by atoms with E-state index in [2.05, 4.69) is 19.9 Å². The molecule has 4 rings (SSSR count). The van der Waals surface area contributed by atoms with Crippen LogP contribution >= 0.6 is 23.2 Å². The minimum Gasteiger partial charge on any atom is -0.376 e. The Morgan fingerprint density at radius 1 is 1.38 bits per heavy atom. The average Bonchev–Trinajstić information content (AvgIpc) is 2.90. The van der Waals surface area contributed by atoms with Gasteiger partial charge < -0.3 is 14.6 Å². The van der Waals surface area contributed by atoms with Crippen LogP contribution in [0.3, 0.4) is 0 Å². The summed E-state index contributed by atoms with van der Waals surface area (Å²) >= 11 is 12.0. The number of nitrogens with one attached hydrogen (secondary N) is 1. The lowest BCUT2D eigenvalue weighted by molar-refractivity contribution is -0.0586. The smallest absolute Gasteiger partial charge is 0.215 e. The van der Waals surface area contributed by atoms with Crippen molar-refractivity contribution in [1.29, 1.82) is 0 Å². The van der Waals surface area contributed by atoms with Crippen LogP contribution in [0.2, 0.25) is 10.2 Å². The molecule has 124 valence electrons. The van der Waals surface area contributed by atoms with Gasteiger partial charge in [0.05, 0.1) is 22.3 Å². The summed E-state index contributed by atoms with van der Waals surface area (Å²) in [5.41, 5.74) is 1.35. The van der Waals surface area contributed by atoms with Crippen molar-refractivity contribution >= 4 is 45.6 Å². The molecule has 4 heterocycles. The largest absolute Gasteiger partial charge is 0.376 e. The second kappa shape index (κ2) is 6.20. The quantitative estimate of drug-likeness (QED) is 0.694. The van der Waals surface area contributed by atoms with Crippen molar-refractivity contribution in [2.45, 2.75) is 19.1 Å². The number of fused-ring (bicyclic) bond motifs is 1. The van der Waals surface area contributed by atoms with Crippen LogP contribution in [0.1, 0.15) is 6.42 Å². The summed E-state index contributed by atoms with van der Waals surface area (Å²) in [6.07, 6.45) is 5.02. The number of pyridine rings is 2. The number of halogens is 3. The van der Waals surface area contributed by atoms with Crippen LogP contribution in [0.5, 0.6) is 0 Å². The zero-order valence-electron chi connectivity index (χ0n) is 12.5. The van der Waals surface area contributed by atoms with E-state index in [1.807, 2.05) is 18.3 Å². The molecule has 5 nitrogen and oxygen atoms in total. The van der Waals surface area contributed by atoms with E-state index >= 15 is 0 Å². The molecule has 1 atom stereocenters. The molecular weight excluding hydrogens is 354 g/mol. The van der Waals surface area contributed by atoms with Gasteiger partial charge in [0.1, 0.15) is 5.82 Å². The lowest BCUT2D eigenvalue weighted by Gasteiger charge is -2.27. The number of rotatable bonds is 4. The lowest BCUT2D eigenvalue weighted by Crippen LogP contribution is -2.30. The highest BCUT2D eigenvalue weighted by molar-refractivity contribution is 6.38. The van der Waals surface area contributed by atoms with Gasteiger partial charge >= 0.3 is 0 Å². The monoisotopic (exact) mass is 366 g/mol. The molecule has 3 aromatic rings. The summed E-state index contributed by atoms with van der Waals surface area (Å²) in [6, 6.07) is 5.00. The molecule has 0 aliphatic carbocycles. The fraction of sp³-hybridized carbons (Fsp3) is 0.250. The summed E-state index contributed by atoms with van der Waals surface area (Å²) < 4.78 is 20.8. The van der Waals surface area contributed by atoms with Gasteiger partial charge in [0.2, 0.25) is 5.95 Å². The van der Waals surface area contributed by atoms with E-state index in [0.717, 1.165) is 36.5 Å². The Hall–Kier alpha value is -1.89. The number of anilines is 2. The summed E-state index contributed by atoms with van der Waals surface area (Å²) in [7, 11) is 0. The van der Waals surface area contributed by atoms with Crippen LogP contribution in [0, 0.1) is 5.95 Å². The molecule has 0 bridgehead atoms. The number of ether oxygens (including phenoxy) is 1. The van der Waals surface area contributed by atoms with Crippen molar-refractivity contribution in [3.05, 3.63) is 46.7 Å². The first-order valence-corrected chi connectivity index (χ1v) is 8.21. The van der Waals surface area contributed by atoms with Gasteiger partial charge in [-0.1, -0.05) is 23.2 Å². The molecule has 3 aromatic heterocycles. The average molecular weight is 367 g/mol. The van der Waals surface area contributed by atoms with Gasteiger partial charge in [-0.3, -0.25) is 0 Å². The van der Waals surface area contributed by atoms with Gasteiger partial charge in [0, 0.05) is 37.0 Å². The summed E-state index contributed by atoms with van der Waals surface area (Å²) in [4.78, 5) is 7.92. The third-order valence-electron chi connectivity index (χ3n) is 4.03. The van der Waals surface area contributed by atoms with Gasteiger partial charge in [-0.25, -0.2) is 9.97 Å². The van der Waals surface area contributed by atoms with Crippen LogP contribution in [0.25, 0.3) is 10.9 Å². The SMILES string of the molecule is Fc1cc(Cl)c(Nc2nccc3c2ccn3CC2CCO2)c(Cl)n1. The van der Waals surface area contributed by atoms with E-state index in [4.69, 9.17) is 27.9 Å². The maximum atomic E-state index is 13.2. The Balaban J connectivity index is 1.70. The summed E-state index contributed by atoms with van der Waals surface area (Å²) in [5.74, 6) is -0.147. The standard InChI is InChI=1S/C16H13Cl2FN4O/c17-11-7-13(19)21-15(18)14(11)22-16-10-2-5-23(8-9-3-6-24-9)12(10)1-4-20-16/h1-2,4-5,7,9H,3,6,8H2,(H,20,22). The van der Waals surface area contributed by atoms with Crippen molar-refractivity contribution in [1.82, 2.24) is 14.5 Å². The maximum Gasteiger partial charge on any atom is 0.215 e. The molecule has 1 N–H and O–H groups in total. The molecule has 0 saturated carbocycles. The van der Waals surface area contributed by atoms with Crippen LogP contribution < -0.4 is 5.32 Å². The van der Waals surface area contributed by atoms with Gasteiger partial charge in [-0.05, 0) is 18.6 Å². The molecule has 0 amide bonds. The van der Waals surface area contributed by atoms with Crippen molar-refractivity contribution in [2.75, 3.05) is 11.9 Å². The predicted molar refractivity (Wildman–Crippen MR) is 91.6 cm³/mol. The highest BCUT2D eigenvalue weighted by Gasteiger charge is 2.20. The fourth-order valence-corrected chi connectivity index (χ4v) is 3.22. The normalized spacial score (nSPS) is 17.0. The first-order chi connectivity index (χ1) is 11.6. The third-order valence-corrected chi connectivity index (χ3v) is 4.60. The molecule has 1 aliphatic rings. The number of nitrogens with zero attached hydrogens (tertiary/aromatic N) is 3. The molecule has 0 radical (unpaired) electrons. The van der Waals surface area contributed by atoms with Crippen LogP contribution in [0.4, 0.5) is 15.9 Å². The first kappa shape index (κ1) is 15.6. The van der Waals surface area contributed by atoms with Crippen molar-refractivity contribution in [3.63, 3.8) is 0 Å². The van der Waals surface area contributed by atoms with E-state index in [9.17, 15) is 4.39 Å². The van der Waals surface area contributed by atoms with Crippen LogP contribution in [0.15, 0.2) is 30.6 Å². The first-order valence-electron chi connectivity index (χ1n) is 7.46. The zero-order chi connectivity index (χ0) is 16.7. The molecule has 1 fully saturated rings. The van der Waals surface area contributed by atoms with Crippen molar-refractivity contribution in [2.24, 2.45) is 0 Å². The molecule has 0 spiro atoms. The summed E-state index contributed by atoms with van der Waals surface area (Å²) in [6.45, 7) is 1.62. The fourth-order valence-electron chi connectivity index (χ4n) is 2.72. The highest BCUT2D eigenvalue weighted by Crippen LogP contribution is 2.34. The molecular formula is C16H13Cl2FN4O. The van der Waals surface area contributed by atoms with E-state index in [1.165, 1.54) is 0 Å². The second-order valence-electron chi connectivity index (χ2n) is 5.56. The number of aromatic nitrogens is 3. The Morgan fingerprint density at radius 2 is 2.21 bits per heavy atom.